The van der Waals surface area contributed by atoms with Crippen molar-refractivity contribution < 1.29 is 4.79 Å². The third-order valence-electron chi connectivity index (χ3n) is 3.82. The van der Waals surface area contributed by atoms with Crippen LogP contribution in [0, 0.1) is 0 Å². The van der Waals surface area contributed by atoms with Gasteiger partial charge in [0.2, 0.25) is 0 Å². The molecule has 0 unspecified atom stereocenters. The maximum absolute atomic E-state index is 11.8. The maximum Gasteiger partial charge on any atom is 0.164 e. The van der Waals surface area contributed by atoms with Crippen molar-refractivity contribution in [3.63, 3.8) is 0 Å². The zero-order valence-corrected chi connectivity index (χ0v) is 11.1. The first-order chi connectivity index (χ1) is 9.34. The smallest absolute Gasteiger partial charge is 0.164 e. The fraction of sp³-hybridized carbons (Fsp3) is 0.467. The van der Waals surface area contributed by atoms with Crippen LogP contribution in [0.3, 0.4) is 0 Å². The molecular weight excluding hydrogens is 238 g/mol. The number of imidazole rings is 1. The van der Waals surface area contributed by atoms with Crippen LogP contribution in [-0.2, 0) is 19.5 Å². The highest BCUT2D eigenvalue weighted by atomic mass is 16.1. The average Bonchev–Trinajstić information content (AvgIpc) is 3.05. The molecule has 4 heteroatoms. The van der Waals surface area contributed by atoms with Crippen LogP contribution in [0.2, 0.25) is 0 Å². The molecule has 0 saturated heterocycles. The molecule has 0 radical (unpaired) electrons. The Labute approximate surface area is 113 Å². The van der Waals surface area contributed by atoms with Gasteiger partial charge < -0.3 is 9.13 Å². The Morgan fingerprint density at radius 1 is 1.16 bits per heavy atom. The molecule has 0 aliphatic heterocycles. The number of carbonyl (C=O) groups excluding carboxylic acids is 1. The number of fused-ring (bicyclic) bond motifs is 1. The van der Waals surface area contributed by atoms with Gasteiger partial charge in [-0.15, -0.1) is 0 Å². The van der Waals surface area contributed by atoms with Crippen LogP contribution in [0.25, 0.3) is 0 Å². The molecule has 2 aromatic rings. The summed E-state index contributed by atoms with van der Waals surface area (Å²) in [7, 11) is 0. The summed E-state index contributed by atoms with van der Waals surface area (Å²) in [6, 6.07) is 1.99. The molecule has 0 spiro atoms. The number of carbonyl (C=O) groups is 1. The summed E-state index contributed by atoms with van der Waals surface area (Å²) in [5.41, 5.74) is 2.21. The van der Waals surface area contributed by atoms with Crippen LogP contribution in [-0.4, -0.2) is 19.9 Å². The van der Waals surface area contributed by atoms with Gasteiger partial charge in [0.15, 0.2) is 5.78 Å². The van der Waals surface area contributed by atoms with Crippen molar-refractivity contribution in [1.29, 1.82) is 0 Å². The van der Waals surface area contributed by atoms with Gasteiger partial charge in [-0.25, -0.2) is 4.98 Å². The van der Waals surface area contributed by atoms with Crippen molar-refractivity contribution in [2.24, 2.45) is 0 Å². The Hall–Kier alpha value is -1.84. The predicted molar refractivity (Wildman–Crippen MR) is 73.2 cm³/mol. The van der Waals surface area contributed by atoms with Gasteiger partial charge in [0.1, 0.15) is 0 Å². The first-order valence-corrected chi connectivity index (χ1v) is 7.01. The van der Waals surface area contributed by atoms with E-state index in [-0.39, 0.29) is 0 Å². The van der Waals surface area contributed by atoms with Gasteiger partial charge in [-0.2, -0.15) is 0 Å². The standard InChI is InChI=1S/C15H19N3O/c19-15-5-3-4-14-13(15)6-10-18(14)9-2-1-8-17-11-7-16-12-17/h6-7,10-12H,1-5,8-9H2. The van der Waals surface area contributed by atoms with Crippen molar-refractivity contribution in [3.05, 3.63) is 42.2 Å². The number of hydrogen-bond acceptors (Lipinski definition) is 2. The lowest BCUT2D eigenvalue weighted by Gasteiger charge is -2.14. The minimum Gasteiger partial charge on any atom is -0.351 e. The normalized spacial score (nSPS) is 14.6. The molecule has 2 heterocycles. The first kappa shape index (κ1) is 12.2. The Morgan fingerprint density at radius 3 is 2.89 bits per heavy atom. The number of Topliss-reactive ketones (excluding diaryl/α,β-unsaturated/α-hetero) is 1. The zero-order valence-electron chi connectivity index (χ0n) is 11.1. The molecule has 0 aromatic carbocycles. The fourth-order valence-corrected chi connectivity index (χ4v) is 2.79. The van der Waals surface area contributed by atoms with Crippen LogP contribution in [0.15, 0.2) is 31.0 Å². The summed E-state index contributed by atoms with van der Waals surface area (Å²) in [4.78, 5) is 15.8. The molecule has 0 bridgehead atoms. The highest BCUT2D eigenvalue weighted by molar-refractivity contribution is 5.98. The van der Waals surface area contributed by atoms with E-state index in [0.29, 0.717) is 5.78 Å². The molecule has 1 aliphatic carbocycles. The number of rotatable bonds is 5. The predicted octanol–water partition coefficient (Wildman–Crippen LogP) is 2.68. The highest BCUT2D eigenvalue weighted by Crippen LogP contribution is 2.22. The zero-order chi connectivity index (χ0) is 13.1. The Balaban J connectivity index is 1.54. The molecule has 1 aliphatic rings. The number of nitrogens with zero attached hydrogens (tertiary/aromatic N) is 3. The summed E-state index contributed by atoms with van der Waals surface area (Å²) < 4.78 is 4.37. The number of hydrogen-bond donors (Lipinski definition) is 0. The van der Waals surface area contributed by atoms with Crippen molar-refractivity contribution in [3.8, 4) is 0 Å². The molecule has 0 atom stereocenters. The lowest BCUT2D eigenvalue weighted by atomic mass is 9.97. The third-order valence-corrected chi connectivity index (χ3v) is 3.82. The fourth-order valence-electron chi connectivity index (χ4n) is 2.79. The minimum atomic E-state index is 0.318. The lowest BCUT2D eigenvalue weighted by Crippen LogP contribution is -2.13. The van der Waals surface area contributed by atoms with Crippen LogP contribution in [0.1, 0.15) is 41.7 Å². The molecule has 0 N–H and O–H groups in total. The highest BCUT2D eigenvalue weighted by Gasteiger charge is 2.19. The van der Waals surface area contributed by atoms with Crippen LogP contribution < -0.4 is 0 Å². The Kier molecular flexibility index (Phi) is 3.49. The molecule has 0 fully saturated rings. The van der Waals surface area contributed by atoms with E-state index < -0.39 is 0 Å². The van der Waals surface area contributed by atoms with Gasteiger partial charge in [-0.05, 0) is 31.7 Å². The minimum absolute atomic E-state index is 0.318. The van der Waals surface area contributed by atoms with Gasteiger partial charge in [0.25, 0.3) is 0 Å². The monoisotopic (exact) mass is 257 g/mol. The van der Waals surface area contributed by atoms with E-state index in [0.717, 1.165) is 50.8 Å². The molecule has 0 saturated carbocycles. The second-order valence-corrected chi connectivity index (χ2v) is 5.15. The molecule has 100 valence electrons. The van der Waals surface area contributed by atoms with E-state index in [9.17, 15) is 4.79 Å². The molecule has 19 heavy (non-hydrogen) atoms. The van der Waals surface area contributed by atoms with Gasteiger partial charge in [-0.3, -0.25) is 4.79 Å². The lowest BCUT2D eigenvalue weighted by molar-refractivity contribution is 0.0971. The largest absolute Gasteiger partial charge is 0.351 e. The van der Waals surface area contributed by atoms with Gasteiger partial charge in [0, 0.05) is 49.4 Å². The summed E-state index contributed by atoms with van der Waals surface area (Å²) in [5, 5.41) is 0. The molecule has 4 nitrogen and oxygen atoms in total. The van der Waals surface area contributed by atoms with E-state index in [2.05, 4.69) is 20.3 Å². The molecule has 3 rings (SSSR count). The summed E-state index contributed by atoms with van der Waals surface area (Å²) in [6.45, 7) is 2.03. The summed E-state index contributed by atoms with van der Waals surface area (Å²) in [5.74, 6) is 0.318. The van der Waals surface area contributed by atoms with Gasteiger partial charge in [-0.1, -0.05) is 0 Å². The van der Waals surface area contributed by atoms with Crippen LogP contribution >= 0.6 is 0 Å². The topological polar surface area (TPSA) is 39.8 Å². The van der Waals surface area contributed by atoms with Crippen molar-refractivity contribution in [1.82, 2.24) is 14.1 Å². The number of aromatic nitrogens is 3. The second kappa shape index (κ2) is 5.43. The SMILES string of the molecule is O=C1CCCc2c1ccn2CCCCn1ccnc1. The van der Waals surface area contributed by atoms with E-state index in [1.54, 1.807) is 0 Å². The van der Waals surface area contributed by atoms with E-state index in [4.69, 9.17) is 0 Å². The van der Waals surface area contributed by atoms with Crippen molar-refractivity contribution in [2.45, 2.75) is 45.2 Å². The Bertz CT molecular complexity index is 554. The quantitative estimate of drug-likeness (QED) is 0.773. The number of aryl methyl sites for hydroxylation is 2. The number of unbranched alkanes of at least 4 members (excludes halogenated alkanes) is 1. The first-order valence-electron chi connectivity index (χ1n) is 7.01. The van der Waals surface area contributed by atoms with Crippen LogP contribution in [0.5, 0.6) is 0 Å². The molecule has 2 aromatic heterocycles. The van der Waals surface area contributed by atoms with Gasteiger partial charge in [0.05, 0.1) is 6.33 Å². The van der Waals surface area contributed by atoms with E-state index in [1.165, 1.54) is 5.69 Å². The van der Waals surface area contributed by atoms with Crippen molar-refractivity contribution in [2.75, 3.05) is 0 Å². The van der Waals surface area contributed by atoms with E-state index in [1.807, 2.05) is 24.8 Å². The van der Waals surface area contributed by atoms with E-state index >= 15 is 0 Å². The van der Waals surface area contributed by atoms with Gasteiger partial charge >= 0.3 is 0 Å². The van der Waals surface area contributed by atoms with Crippen LogP contribution in [0.4, 0.5) is 0 Å². The summed E-state index contributed by atoms with van der Waals surface area (Å²) in [6.07, 6.45) is 12.8. The maximum atomic E-state index is 11.8. The average molecular weight is 257 g/mol. The molecule has 0 amide bonds. The summed E-state index contributed by atoms with van der Waals surface area (Å²) >= 11 is 0. The number of ketones is 1. The molecular formula is C15H19N3O. The third kappa shape index (κ3) is 2.62. The van der Waals surface area contributed by atoms with Crippen molar-refractivity contribution >= 4 is 5.78 Å². The Morgan fingerprint density at radius 2 is 2.05 bits per heavy atom. The second-order valence-electron chi connectivity index (χ2n) is 5.15.